The van der Waals surface area contributed by atoms with Gasteiger partial charge in [0.1, 0.15) is 11.5 Å². The van der Waals surface area contributed by atoms with Gasteiger partial charge in [0, 0.05) is 59.4 Å². The first-order chi connectivity index (χ1) is 12.2. The van der Waals surface area contributed by atoms with Crippen LogP contribution in [0, 0.1) is 0 Å². The number of methoxy groups -OCH3 is 2. The SMILES string of the molecule is COc1cc2c(c(OC)c1)C(c1cccnc1)C1=C(CCCC1=O)N2. The fraction of sp³-hybridized carbons (Fsp3) is 0.300. The molecule has 128 valence electrons. The monoisotopic (exact) mass is 336 g/mol. The molecule has 0 fully saturated rings. The molecule has 0 amide bonds. The van der Waals surface area contributed by atoms with E-state index in [2.05, 4.69) is 10.3 Å². The van der Waals surface area contributed by atoms with Gasteiger partial charge in [0.05, 0.1) is 14.2 Å². The molecule has 4 rings (SSSR count). The number of anilines is 1. The molecule has 1 aliphatic heterocycles. The number of carbonyl (C=O) groups is 1. The van der Waals surface area contributed by atoms with Gasteiger partial charge in [0.15, 0.2) is 5.78 Å². The average molecular weight is 336 g/mol. The Labute approximate surface area is 146 Å². The van der Waals surface area contributed by atoms with Gasteiger partial charge in [0.2, 0.25) is 0 Å². The van der Waals surface area contributed by atoms with Crippen molar-refractivity contribution >= 4 is 11.5 Å². The van der Waals surface area contributed by atoms with E-state index >= 15 is 0 Å². The highest BCUT2D eigenvalue weighted by Crippen LogP contribution is 2.49. The van der Waals surface area contributed by atoms with E-state index in [1.54, 1.807) is 20.4 Å². The second kappa shape index (κ2) is 6.24. The van der Waals surface area contributed by atoms with Crippen molar-refractivity contribution in [3.05, 3.63) is 59.1 Å². The first kappa shape index (κ1) is 15.7. The number of fused-ring (bicyclic) bond motifs is 1. The van der Waals surface area contributed by atoms with Crippen molar-refractivity contribution in [1.82, 2.24) is 4.98 Å². The zero-order chi connectivity index (χ0) is 17.4. The van der Waals surface area contributed by atoms with Crippen LogP contribution in [0.1, 0.15) is 36.3 Å². The van der Waals surface area contributed by atoms with Crippen molar-refractivity contribution in [2.45, 2.75) is 25.2 Å². The van der Waals surface area contributed by atoms with E-state index in [9.17, 15) is 4.79 Å². The van der Waals surface area contributed by atoms with Gasteiger partial charge in [-0.25, -0.2) is 0 Å². The minimum Gasteiger partial charge on any atom is -0.497 e. The van der Waals surface area contributed by atoms with Crippen LogP contribution in [0.3, 0.4) is 0 Å². The summed E-state index contributed by atoms with van der Waals surface area (Å²) >= 11 is 0. The Morgan fingerprint density at radius 3 is 2.80 bits per heavy atom. The summed E-state index contributed by atoms with van der Waals surface area (Å²) in [6.45, 7) is 0. The Hall–Kier alpha value is -2.82. The lowest BCUT2D eigenvalue weighted by molar-refractivity contribution is -0.116. The Bertz CT molecular complexity index is 859. The van der Waals surface area contributed by atoms with Gasteiger partial charge in [-0.1, -0.05) is 6.07 Å². The summed E-state index contributed by atoms with van der Waals surface area (Å²) in [7, 11) is 3.28. The first-order valence-electron chi connectivity index (χ1n) is 8.42. The number of allylic oxidation sites excluding steroid dienone is 2. The van der Waals surface area contributed by atoms with Crippen molar-refractivity contribution < 1.29 is 14.3 Å². The van der Waals surface area contributed by atoms with Gasteiger partial charge >= 0.3 is 0 Å². The third-order valence-corrected chi connectivity index (χ3v) is 4.91. The van der Waals surface area contributed by atoms with Crippen LogP contribution in [0.2, 0.25) is 0 Å². The molecule has 1 aromatic heterocycles. The molecular weight excluding hydrogens is 316 g/mol. The Kier molecular flexibility index (Phi) is 3.92. The van der Waals surface area contributed by atoms with Gasteiger partial charge in [-0.05, 0) is 24.5 Å². The number of Topliss-reactive ketones (excluding diaryl/α,β-unsaturated/α-hetero) is 1. The fourth-order valence-electron chi connectivity index (χ4n) is 3.80. The molecule has 0 radical (unpaired) electrons. The molecule has 5 heteroatoms. The molecule has 1 N–H and O–H groups in total. The van der Waals surface area contributed by atoms with Gasteiger partial charge in [-0.3, -0.25) is 9.78 Å². The Balaban J connectivity index is 1.98. The maximum Gasteiger partial charge on any atom is 0.161 e. The number of ketones is 1. The number of nitrogens with one attached hydrogen (secondary N) is 1. The maximum absolute atomic E-state index is 12.8. The van der Waals surface area contributed by atoms with Gasteiger partial charge in [-0.15, -0.1) is 0 Å². The number of hydrogen-bond acceptors (Lipinski definition) is 5. The number of benzene rings is 1. The Morgan fingerprint density at radius 1 is 1.20 bits per heavy atom. The lowest BCUT2D eigenvalue weighted by Gasteiger charge is -2.35. The molecule has 1 aliphatic carbocycles. The molecule has 0 bridgehead atoms. The molecule has 1 unspecified atom stereocenters. The number of nitrogens with zero attached hydrogens (tertiary/aromatic N) is 1. The summed E-state index contributed by atoms with van der Waals surface area (Å²) in [5, 5.41) is 3.46. The van der Waals surface area contributed by atoms with Crippen molar-refractivity contribution in [3.63, 3.8) is 0 Å². The fourth-order valence-corrected chi connectivity index (χ4v) is 3.80. The molecule has 25 heavy (non-hydrogen) atoms. The highest BCUT2D eigenvalue weighted by atomic mass is 16.5. The summed E-state index contributed by atoms with van der Waals surface area (Å²) in [6, 6.07) is 7.75. The van der Waals surface area contributed by atoms with Crippen molar-refractivity contribution in [1.29, 1.82) is 0 Å². The molecule has 5 nitrogen and oxygen atoms in total. The van der Waals surface area contributed by atoms with Crippen LogP contribution in [-0.2, 0) is 4.79 Å². The van der Waals surface area contributed by atoms with E-state index in [1.807, 2.05) is 30.5 Å². The van der Waals surface area contributed by atoms with E-state index in [0.29, 0.717) is 12.2 Å². The van der Waals surface area contributed by atoms with E-state index in [0.717, 1.165) is 46.7 Å². The van der Waals surface area contributed by atoms with Crippen LogP contribution in [0.15, 0.2) is 47.9 Å². The van der Waals surface area contributed by atoms with Crippen LogP contribution in [0.25, 0.3) is 0 Å². The third-order valence-electron chi connectivity index (χ3n) is 4.91. The second-order valence-electron chi connectivity index (χ2n) is 6.30. The quantitative estimate of drug-likeness (QED) is 0.927. The van der Waals surface area contributed by atoms with Gasteiger partial charge < -0.3 is 14.8 Å². The number of aromatic nitrogens is 1. The number of rotatable bonds is 3. The zero-order valence-corrected chi connectivity index (χ0v) is 14.3. The standard InChI is InChI=1S/C20H20N2O3/c1-24-13-9-15-20(17(10-13)25-2)18(12-5-4-8-21-11-12)19-14(22-15)6-3-7-16(19)23/h4-5,8-11,18,22H,3,6-7H2,1-2H3. The summed E-state index contributed by atoms with van der Waals surface area (Å²) in [5.41, 5.74) is 4.74. The summed E-state index contributed by atoms with van der Waals surface area (Å²) in [4.78, 5) is 17.0. The van der Waals surface area contributed by atoms with E-state index in [1.165, 1.54) is 0 Å². The number of carbonyl (C=O) groups excluding carboxylic acids is 1. The minimum absolute atomic E-state index is 0.173. The minimum atomic E-state index is -0.173. The smallest absolute Gasteiger partial charge is 0.161 e. The molecule has 2 aromatic rings. The molecule has 0 saturated carbocycles. The molecule has 0 spiro atoms. The van der Waals surface area contributed by atoms with Gasteiger partial charge in [-0.2, -0.15) is 0 Å². The summed E-state index contributed by atoms with van der Waals surface area (Å²) in [6.07, 6.45) is 5.91. The topological polar surface area (TPSA) is 60.5 Å². The highest BCUT2D eigenvalue weighted by molar-refractivity contribution is 6.01. The molecule has 0 saturated heterocycles. The zero-order valence-electron chi connectivity index (χ0n) is 14.3. The van der Waals surface area contributed by atoms with Crippen LogP contribution in [0.5, 0.6) is 11.5 Å². The average Bonchev–Trinajstić information content (AvgIpc) is 2.66. The first-order valence-corrected chi connectivity index (χ1v) is 8.42. The molecular formula is C20H20N2O3. The lowest BCUT2D eigenvalue weighted by Crippen LogP contribution is -2.27. The molecule has 1 atom stereocenters. The van der Waals surface area contributed by atoms with Crippen LogP contribution >= 0.6 is 0 Å². The van der Waals surface area contributed by atoms with E-state index in [4.69, 9.17) is 9.47 Å². The maximum atomic E-state index is 12.8. The van der Waals surface area contributed by atoms with E-state index in [-0.39, 0.29) is 11.7 Å². The Morgan fingerprint density at radius 2 is 2.08 bits per heavy atom. The largest absolute Gasteiger partial charge is 0.497 e. The van der Waals surface area contributed by atoms with Crippen molar-refractivity contribution in [2.24, 2.45) is 0 Å². The second-order valence-corrected chi connectivity index (χ2v) is 6.30. The third kappa shape index (κ3) is 2.56. The van der Waals surface area contributed by atoms with E-state index < -0.39 is 0 Å². The van der Waals surface area contributed by atoms with Crippen LogP contribution < -0.4 is 14.8 Å². The number of hydrogen-bond donors (Lipinski definition) is 1. The van der Waals surface area contributed by atoms with Crippen molar-refractivity contribution in [2.75, 3.05) is 19.5 Å². The molecule has 2 aliphatic rings. The summed E-state index contributed by atoms with van der Waals surface area (Å²) < 4.78 is 11.1. The normalized spacial score (nSPS) is 19.0. The lowest BCUT2D eigenvalue weighted by atomic mass is 9.75. The predicted octanol–water partition coefficient (Wildman–Crippen LogP) is 3.66. The number of pyridine rings is 1. The van der Waals surface area contributed by atoms with Crippen molar-refractivity contribution in [3.8, 4) is 11.5 Å². The van der Waals surface area contributed by atoms with Gasteiger partial charge in [0.25, 0.3) is 0 Å². The highest BCUT2D eigenvalue weighted by Gasteiger charge is 2.37. The van der Waals surface area contributed by atoms with Crippen LogP contribution in [-0.4, -0.2) is 25.0 Å². The summed E-state index contributed by atoms with van der Waals surface area (Å²) in [5.74, 6) is 1.46. The number of ether oxygens (including phenoxy) is 2. The van der Waals surface area contributed by atoms with Crippen LogP contribution in [0.4, 0.5) is 5.69 Å². The predicted molar refractivity (Wildman–Crippen MR) is 95.1 cm³/mol. The molecule has 2 heterocycles. The molecule has 1 aromatic carbocycles.